The van der Waals surface area contributed by atoms with Gasteiger partial charge in [0.2, 0.25) is 0 Å². The third-order valence-corrected chi connectivity index (χ3v) is 4.50. The summed E-state index contributed by atoms with van der Waals surface area (Å²) in [7, 11) is 0. The van der Waals surface area contributed by atoms with Crippen LogP contribution in [0.5, 0.6) is 5.75 Å². The first-order valence-electron chi connectivity index (χ1n) is 10.4. The molecule has 0 aliphatic rings. The minimum absolute atomic E-state index is 0.159. The van der Waals surface area contributed by atoms with Crippen LogP contribution in [0.4, 0.5) is 0 Å². The molecule has 2 N–H and O–H groups in total. The zero-order valence-electron chi connectivity index (χ0n) is 18.0. The first-order chi connectivity index (χ1) is 15.6. The molecule has 0 aliphatic heterocycles. The Bertz CT molecular complexity index is 1060. The van der Waals surface area contributed by atoms with Crippen molar-refractivity contribution in [3.05, 3.63) is 78.4 Å². The van der Waals surface area contributed by atoms with Gasteiger partial charge in [-0.05, 0) is 50.1 Å². The lowest BCUT2D eigenvalue weighted by Gasteiger charge is -2.12. The number of carbonyl (C=O) groups excluding carboxylic acids is 2. The standard InChI is InChI=1S/C23H26N6O3/c1-3-5-8-13-32-21-14-17(22(30)24-4-2)10-11-20(21)29-16-19(27-28-29)23(31)26-15-18-9-6-7-12-25-18/h3,6-7,9-12,14,16H,1,4-5,8,13,15H2,2H3,(H,24,30)(H,26,31). The SMILES string of the molecule is C=CCCCOc1cc(C(=O)NCC)ccc1-n1cc(C(=O)NCc2ccccn2)nn1. The molecule has 0 aliphatic carbocycles. The molecule has 0 saturated heterocycles. The minimum atomic E-state index is -0.366. The van der Waals surface area contributed by atoms with Crippen LogP contribution in [0.15, 0.2) is 61.4 Å². The molecule has 0 saturated carbocycles. The molecule has 2 heterocycles. The number of pyridine rings is 1. The van der Waals surface area contributed by atoms with E-state index in [0.717, 1.165) is 18.5 Å². The Kier molecular flexibility index (Phi) is 8.08. The number of hydrogen-bond acceptors (Lipinski definition) is 6. The molecular formula is C23H26N6O3. The number of nitrogens with one attached hydrogen (secondary N) is 2. The zero-order valence-corrected chi connectivity index (χ0v) is 18.0. The Labute approximate surface area is 186 Å². The normalized spacial score (nSPS) is 10.4. The van der Waals surface area contributed by atoms with Gasteiger partial charge in [0, 0.05) is 18.3 Å². The van der Waals surface area contributed by atoms with Crippen LogP contribution in [0.1, 0.15) is 46.3 Å². The van der Waals surface area contributed by atoms with Crippen molar-refractivity contribution in [2.75, 3.05) is 13.2 Å². The molecule has 9 nitrogen and oxygen atoms in total. The second-order valence-electron chi connectivity index (χ2n) is 6.87. The number of amides is 2. The number of benzene rings is 1. The molecule has 166 valence electrons. The molecule has 0 atom stereocenters. The highest BCUT2D eigenvalue weighted by Gasteiger charge is 2.16. The summed E-state index contributed by atoms with van der Waals surface area (Å²) in [6, 6.07) is 10.5. The Morgan fingerprint density at radius 2 is 2.06 bits per heavy atom. The first-order valence-corrected chi connectivity index (χ1v) is 10.4. The Morgan fingerprint density at radius 3 is 2.81 bits per heavy atom. The van der Waals surface area contributed by atoms with Gasteiger partial charge in [0.25, 0.3) is 11.8 Å². The van der Waals surface area contributed by atoms with Gasteiger partial charge >= 0.3 is 0 Å². The van der Waals surface area contributed by atoms with E-state index in [1.807, 2.05) is 31.2 Å². The number of ether oxygens (including phenoxy) is 1. The van der Waals surface area contributed by atoms with Crippen molar-refractivity contribution in [1.29, 1.82) is 0 Å². The van der Waals surface area contributed by atoms with E-state index in [1.54, 1.807) is 24.4 Å². The summed E-state index contributed by atoms with van der Waals surface area (Å²) in [4.78, 5) is 28.9. The average Bonchev–Trinajstić information content (AvgIpc) is 3.31. The van der Waals surface area contributed by atoms with Gasteiger partial charge in [0.05, 0.1) is 25.0 Å². The predicted octanol–water partition coefficient (Wildman–Crippen LogP) is 2.69. The molecule has 1 aromatic carbocycles. The molecule has 2 amide bonds. The number of allylic oxidation sites excluding steroid dienone is 1. The van der Waals surface area contributed by atoms with Crippen molar-refractivity contribution >= 4 is 11.8 Å². The Morgan fingerprint density at radius 1 is 1.19 bits per heavy atom. The van der Waals surface area contributed by atoms with Gasteiger partial charge in [-0.2, -0.15) is 0 Å². The number of aromatic nitrogens is 4. The molecule has 0 fully saturated rings. The van der Waals surface area contributed by atoms with Gasteiger partial charge in [-0.3, -0.25) is 14.6 Å². The lowest BCUT2D eigenvalue weighted by Crippen LogP contribution is -2.23. The summed E-state index contributed by atoms with van der Waals surface area (Å²) >= 11 is 0. The Balaban J connectivity index is 1.77. The van der Waals surface area contributed by atoms with Crippen LogP contribution in [0.2, 0.25) is 0 Å². The molecular weight excluding hydrogens is 408 g/mol. The van der Waals surface area contributed by atoms with Gasteiger partial charge in [0.15, 0.2) is 5.69 Å². The smallest absolute Gasteiger partial charge is 0.273 e. The highest BCUT2D eigenvalue weighted by molar-refractivity contribution is 5.95. The second kappa shape index (κ2) is 11.4. The van der Waals surface area contributed by atoms with Crippen LogP contribution in [-0.2, 0) is 6.54 Å². The number of carbonyl (C=O) groups is 2. The van der Waals surface area contributed by atoms with Crippen LogP contribution in [0.25, 0.3) is 5.69 Å². The van der Waals surface area contributed by atoms with E-state index in [1.165, 1.54) is 10.9 Å². The first kappa shape index (κ1) is 22.7. The van der Waals surface area contributed by atoms with Crippen molar-refractivity contribution in [2.45, 2.75) is 26.3 Å². The lowest BCUT2D eigenvalue weighted by atomic mass is 10.1. The van der Waals surface area contributed by atoms with Crippen molar-refractivity contribution in [3.63, 3.8) is 0 Å². The van der Waals surface area contributed by atoms with Gasteiger partial charge in [-0.15, -0.1) is 11.7 Å². The number of rotatable bonds is 11. The molecule has 0 bridgehead atoms. The molecule has 9 heteroatoms. The van der Waals surface area contributed by atoms with E-state index < -0.39 is 0 Å². The average molecular weight is 435 g/mol. The molecule has 32 heavy (non-hydrogen) atoms. The quantitative estimate of drug-likeness (QED) is 0.355. The highest BCUT2D eigenvalue weighted by atomic mass is 16.5. The fraction of sp³-hybridized carbons (Fsp3) is 0.261. The van der Waals surface area contributed by atoms with Crippen LogP contribution in [-0.4, -0.2) is 44.9 Å². The molecule has 2 aromatic heterocycles. The molecule has 3 rings (SSSR count). The third kappa shape index (κ3) is 6.00. The van der Waals surface area contributed by atoms with Gasteiger partial charge in [-0.1, -0.05) is 17.4 Å². The van der Waals surface area contributed by atoms with E-state index in [0.29, 0.717) is 30.2 Å². The van der Waals surface area contributed by atoms with Crippen LogP contribution < -0.4 is 15.4 Å². The summed E-state index contributed by atoms with van der Waals surface area (Å²) in [6.45, 7) is 6.82. The number of nitrogens with zero attached hydrogens (tertiary/aromatic N) is 4. The highest BCUT2D eigenvalue weighted by Crippen LogP contribution is 2.25. The largest absolute Gasteiger partial charge is 0.491 e. The summed E-state index contributed by atoms with van der Waals surface area (Å²) < 4.78 is 7.37. The Hall–Kier alpha value is -4.01. The number of unbranched alkanes of at least 4 members (excludes halogenated alkanes) is 1. The summed E-state index contributed by atoms with van der Waals surface area (Å²) in [5.41, 5.74) is 1.95. The monoisotopic (exact) mass is 434 g/mol. The summed E-state index contributed by atoms with van der Waals surface area (Å²) in [5.74, 6) is -0.0828. The lowest BCUT2D eigenvalue weighted by molar-refractivity contribution is 0.0941. The van der Waals surface area contributed by atoms with E-state index in [-0.39, 0.29) is 24.1 Å². The number of hydrogen-bond donors (Lipinski definition) is 2. The maximum atomic E-state index is 12.5. The van der Waals surface area contributed by atoms with E-state index in [4.69, 9.17) is 4.74 Å². The van der Waals surface area contributed by atoms with Crippen molar-refractivity contribution in [2.24, 2.45) is 0 Å². The fourth-order valence-electron chi connectivity index (χ4n) is 2.88. The third-order valence-electron chi connectivity index (χ3n) is 4.50. The minimum Gasteiger partial charge on any atom is -0.491 e. The van der Waals surface area contributed by atoms with Gasteiger partial charge in [-0.25, -0.2) is 4.68 Å². The summed E-state index contributed by atoms with van der Waals surface area (Å²) in [5, 5.41) is 13.6. The van der Waals surface area contributed by atoms with Crippen molar-refractivity contribution in [3.8, 4) is 11.4 Å². The fourth-order valence-corrected chi connectivity index (χ4v) is 2.88. The molecule has 0 spiro atoms. The van der Waals surface area contributed by atoms with E-state index in [9.17, 15) is 9.59 Å². The maximum Gasteiger partial charge on any atom is 0.273 e. The van der Waals surface area contributed by atoms with E-state index in [2.05, 4.69) is 32.5 Å². The molecule has 0 radical (unpaired) electrons. The van der Waals surface area contributed by atoms with Crippen molar-refractivity contribution < 1.29 is 14.3 Å². The molecule has 3 aromatic rings. The van der Waals surface area contributed by atoms with Crippen LogP contribution in [0.3, 0.4) is 0 Å². The van der Waals surface area contributed by atoms with Crippen LogP contribution in [0, 0.1) is 0 Å². The zero-order chi connectivity index (χ0) is 22.8. The maximum absolute atomic E-state index is 12.5. The second-order valence-corrected chi connectivity index (χ2v) is 6.87. The predicted molar refractivity (Wildman–Crippen MR) is 120 cm³/mol. The summed E-state index contributed by atoms with van der Waals surface area (Å²) in [6.07, 6.45) is 6.61. The topological polar surface area (TPSA) is 111 Å². The van der Waals surface area contributed by atoms with Crippen LogP contribution >= 0.6 is 0 Å². The van der Waals surface area contributed by atoms with E-state index >= 15 is 0 Å². The van der Waals surface area contributed by atoms with Crippen molar-refractivity contribution in [1.82, 2.24) is 30.6 Å². The van der Waals surface area contributed by atoms with Gasteiger partial charge < -0.3 is 15.4 Å². The van der Waals surface area contributed by atoms with Gasteiger partial charge in [0.1, 0.15) is 11.4 Å². The molecule has 0 unspecified atom stereocenters.